The van der Waals surface area contributed by atoms with Crippen molar-refractivity contribution in [1.29, 1.82) is 5.26 Å². The van der Waals surface area contributed by atoms with E-state index in [2.05, 4.69) is 11.4 Å². The van der Waals surface area contributed by atoms with Gasteiger partial charge in [-0.25, -0.2) is 4.79 Å². The Morgan fingerprint density at radius 3 is 2.38 bits per heavy atom. The molecule has 0 aromatic heterocycles. The molecule has 0 fully saturated rings. The number of rotatable bonds is 9. The molecule has 0 saturated carbocycles. The maximum Gasteiger partial charge on any atom is 0.339 e. The summed E-state index contributed by atoms with van der Waals surface area (Å²) < 4.78 is 10.3. The van der Waals surface area contributed by atoms with Crippen molar-refractivity contribution >= 4 is 23.6 Å². The van der Waals surface area contributed by atoms with Crippen molar-refractivity contribution in [3.63, 3.8) is 0 Å². The molecule has 0 aliphatic rings. The molecular formula is C25H22N2O4S. The van der Waals surface area contributed by atoms with Crippen molar-refractivity contribution < 1.29 is 19.1 Å². The molecule has 0 atom stereocenters. The molecule has 0 heterocycles. The zero-order valence-electron chi connectivity index (χ0n) is 17.5. The highest BCUT2D eigenvalue weighted by Crippen LogP contribution is 2.32. The van der Waals surface area contributed by atoms with E-state index in [-0.39, 0.29) is 12.5 Å². The Bertz CT molecular complexity index is 1120. The standard InChI is InChI=1S/C25H22N2O4S/c1-30-20-12-10-18(11-13-20)14-15-27-24(28)17-31-25(29)21-7-3-5-9-23(21)32-22-8-4-2-6-19(22)16-26/h2-13H,14-15,17H2,1H3,(H,27,28). The minimum Gasteiger partial charge on any atom is -0.497 e. The first-order valence-electron chi connectivity index (χ1n) is 9.93. The number of nitriles is 1. The summed E-state index contributed by atoms with van der Waals surface area (Å²) in [4.78, 5) is 26.1. The third-order valence-electron chi connectivity index (χ3n) is 4.56. The van der Waals surface area contributed by atoms with Crippen molar-refractivity contribution in [1.82, 2.24) is 5.32 Å². The number of hydrogen-bond acceptors (Lipinski definition) is 6. The lowest BCUT2D eigenvalue weighted by atomic mass is 10.1. The van der Waals surface area contributed by atoms with Gasteiger partial charge in [0.25, 0.3) is 5.91 Å². The third-order valence-corrected chi connectivity index (χ3v) is 5.72. The monoisotopic (exact) mass is 446 g/mol. The average molecular weight is 447 g/mol. The summed E-state index contributed by atoms with van der Waals surface area (Å²) in [5.41, 5.74) is 1.93. The highest BCUT2D eigenvalue weighted by Gasteiger charge is 2.16. The van der Waals surface area contributed by atoms with Crippen LogP contribution in [0.5, 0.6) is 5.75 Å². The first-order valence-corrected chi connectivity index (χ1v) is 10.7. The summed E-state index contributed by atoms with van der Waals surface area (Å²) in [6.45, 7) is 0.0648. The zero-order chi connectivity index (χ0) is 22.8. The van der Waals surface area contributed by atoms with Gasteiger partial charge in [0.15, 0.2) is 6.61 Å². The molecule has 0 spiro atoms. The quantitative estimate of drug-likeness (QED) is 0.495. The molecule has 32 heavy (non-hydrogen) atoms. The summed E-state index contributed by atoms with van der Waals surface area (Å²) in [6.07, 6.45) is 0.654. The maximum atomic E-state index is 12.6. The third kappa shape index (κ3) is 6.37. The van der Waals surface area contributed by atoms with Gasteiger partial charge >= 0.3 is 5.97 Å². The van der Waals surface area contributed by atoms with Crippen LogP contribution in [0.4, 0.5) is 0 Å². The van der Waals surface area contributed by atoms with E-state index < -0.39 is 5.97 Å². The molecule has 3 aromatic carbocycles. The van der Waals surface area contributed by atoms with E-state index in [1.165, 1.54) is 11.8 Å². The number of benzene rings is 3. The van der Waals surface area contributed by atoms with E-state index in [0.717, 1.165) is 16.2 Å². The summed E-state index contributed by atoms with van der Waals surface area (Å²) >= 11 is 1.31. The maximum absolute atomic E-state index is 12.6. The Morgan fingerprint density at radius 1 is 0.969 bits per heavy atom. The highest BCUT2D eigenvalue weighted by molar-refractivity contribution is 7.99. The van der Waals surface area contributed by atoms with Crippen LogP contribution in [0.2, 0.25) is 0 Å². The van der Waals surface area contributed by atoms with Crippen LogP contribution in [0.15, 0.2) is 82.6 Å². The molecular weight excluding hydrogens is 424 g/mol. The fourth-order valence-corrected chi connectivity index (χ4v) is 3.90. The molecule has 3 aromatic rings. The van der Waals surface area contributed by atoms with E-state index in [1.54, 1.807) is 43.5 Å². The van der Waals surface area contributed by atoms with Gasteiger partial charge in [-0.2, -0.15) is 5.26 Å². The number of ether oxygens (including phenoxy) is 2. The Balaban J connectivity index is 1.52. The molecule has 0 aliphatic carbocycles. The first kappa shape index (κ1) is 22.9. The van der Waals surface area contributed by atoms with Gasteiger partial charge in [0.05, 0.1) is 18.2 Å². The second-order valence-electron chi connectivity index (χ2n) is 6.73. The molecule has 0 radical (unpaired) electrons. The van der Waals surface area contributed by atoms with Crippen LogP contribution in [-0.4, -0.2) is 32.1 Å². The molecule has 3 rings (SSSR count). The van der Waals surface area contributed by atoms with Crippen LogP contribution in [0.3, 0.4) is 0 Å². The Morgan fingerprint density at radius 2 is 1.66 bits per heavy atom. The number of methoxy groups -OCH3 is 1. The smallest absolute Gasteiger partial charge is 0.339 e. The van der Waals surface area contributed by atoms with Crippen molar-refractivity contribution in [3.8, 4) is 11.8 Å². The lowest BCUT2D eigenvalue weighted by molar-refractivity contribution is -0.124. The number of carbonyl (C=O) groups excluding carboxylic acids is 2. The van der Waals surface area contributed by atoms with Crippen LogP contribution >= 0.6 is 11.8 Å². The van der Waals surface area contributed by atoms with Gasteiger partial charge in [0, 0.05) is 16.3 Å². The molecule has 0 bridgehead atoms. The first-order chi connectivity index (χ1) is 15.6. The van der Waals surface area contributed by atoms with Crippen molar-refractivity contribution in [2.45, 2.75) is 16.2 Å². The Hall–Kier alpha value is -3.76. The topological polar surface area (TPSA) is 88.4 Å². The van der Waals surface area contributed by atoms with E-state index in [0.29, 0.717) is 29.0 Å². The number of amides is 1. The second-order valence-corrected chi connectivity index (χ2v) is 7.81. The lowest BCUT2D eigenvalue weighted by Crippen LogP contribution is -2.30. The molecule has 0 aliphatic heterocycles. The number of carbonyl (C=O) groups is 2. The summed E-state index contributed by atoms with van der Waals surface area (Å²) in [6, 6.07) is 23.9. The molecule has 7 heteroatoms. The Labute approximate surface area is 191 Å². The SMILES string of the molecule is COc1ccc(CCNC(=O)COC(=O)c2ccccc2Sc2ccccc2C#N)cc1. The molecule has 162 valence electrons. The molecule has 6 nitrogen and oxygen atoms in total. The van der Waals surface area contributed by atoms with E-state index in [1.807, 2.05) is 36.4 Å². The van der Waals surface area contributed by atoms with Crippen LogP contribution in [0.25, 0.3) is 0 Å². The molecule has 1 amide bonds. The largest absolute Gasteiger partial charge is 0.497 e. The van der Waals surface area contributed by atoms with Crippen LogP contribution in [0.1, 0.15) is 21.5 Å². The van der Waals surface area contributed by atoms with Gasteiger partial charge in [-0.15, -0.1) is 0 Å². The predicted octanol–water partition coefficient (Wildman–Crippen LogP) is 4.23. The highest BCUT2D eigenvalue weighted by atomic mass is 32.2. The van der Waals surface area contributed by atoms with E-state index in [9.17, 15) is 14.9 Å². The predicted molar refractivity (Wildman–Crippen MR) is 122 cm³/mol. The minimum atomic E-state index is -0.590. The lowest BCUT2D eigenvalue weighted by Gasteiger charge is -2.10. The van der Waals surface area contributed by atoms with Gasteiger partial charge in [-0.3, -0.25) is 4.79 Å². The second kappa shape index (κ2) is 11.6. The normalized spacial score (nSPS) is 10.1. The van der Waals surface area contributed by atoms with Gasteiger partial charge in [0.1, 0.15) is 11.8 Å². The Kier molecular flexibility index (Phi) is 8.29. The number of esters is 1. The van der Waals surface area contributed by atoms with E-state index >= 15 is 0 Å². The fourth-order valence-electron chi connectivity index (χ4n) is 2.89. The van der Waals surface area contributed by atoms with Gasteiger partial charge in [0.2, 0.25) is 0 Å². The fraction of sp³-hybridized carbons (Fsp3) is 0.160. The van der Waals surface area contributed by atoms with Gasteiger partial charge < -0.3 is 14.8 Å². The number of hydrogen-bond donors (Lipinski definition) is 1. The van der Waals surface area contributed by atoms with E-state index in [4.69, 9.17) is 9.47 Å². The molecule has 0 saturated heterocycles. The van der Waals surface area contributed by atoms with Crippen LogP contribution in [-0.2, 0) is 16.0 Å². The molecule has 0 unspecified atom stereocenters. The minimum absolute atomic E-state index is 0.344. The van der Waals surface area contributed by atoms with Crippen LogP contribution < -0.4 is 10.1 Å². The van der Waals surface area contributed by atoms with Gasteiger partial charge in [-0.1, -0.05) is 48.2 Å². The van der Waals surface area contributed by atoms with Crippen molar-refractivity contribution in [2.24, 2.45) is 0 Å². The van der Waals surface area contributed by atoms with Crippen molar-refractivity contribution in [3.05, 3.63) is 89.5 Å². The summed E-state index contributed by atoms with van der Waals surface area (Å²) in [5, 5.41) is 12.0. The molecule has 1 N–H and O–H groups in total. The number of nitrogens with zero attached hydrogens (tertiary/aromatic N) is 1. The van der Waals surface area contributed by atoms with Crippen LogP contribution in [0, 0.1) is 11.3 Å². The summed E-state index contributed by atoms with van der Waals surface area (Å²) in [5.74, 6) is -0.182. The van der Waals surface area contributed by atoms with Gasteiger partial charge in [-0.05, 0) is 48.4 Å². The average Bonchev–Trinajstić information content (AvgIpc) is 2.83. The summed E-state index contributed by atoms with van der Waals surface area (Å²) in [7, 11) is 1.61. The number of nitrogens with one attached hydrogen (secondary N) is 1. The zero-order valence-corrected chi connectivity index (χ0v) is 18.4. The van der Waals surface area contributed by atoms with Crippen molar-refractivity contribution in [2.75, 3.05) is 20.3 Å².